The molecule has 2 atom stereocenters. The van der Waals surface area contributed by atoms with Crippen LogP contribution in [0, 0.1) is 0 Å². The molecule has 0 aromatic heterocycles. The summed E-state index contributed by atoms with van der Waals surface area (Å²) in [6.07, 6.45) is 2.59. The molecule has 1 fully saturated rings. The number of hydrogen-bond donors (Lipinski definition) is 2. The second kappa shape index (κ2) is 8.28. The molecule has 0 saturated carbocycles. The number of aliphatic hydroxyl groups excluding tert-OH is 1. The third kappa shape index (κ3) is 4.47. The fraction of sp³-hybridized carbons (Fsp3) is 0.381. The van der Waals surface area contributed by atoms with Gasteiger partial charge in [-0.3, -0.25) is 9.69 Å². The van der Waals surface area contributed by atoms with Gasteiger partial charge in [0.1, 0.15) is 0 Å². The summed E-state index contributed by atoms with van der Waals surface area (Å²) in [6, 6.07) is 18.0. The molecule has 4 heteroatoms. The lowest BCUT2D eigenvalue weighted by Crippen LogP contribution is -2.30. The molecule has 1 saturated heterocycles. The van der Waals surface area contributed by atoms with Crippen LogP contribution in [0.2, 0.25) is 0 Å². The molecule has 132 valence electrons. The number of carbonyl (C=O) groups is 1. The van der Waals surface area contributed by atoms with Crippen molar-refractivity contribution in [2.45, 2.75) is 38.0 Å². The van der Waals surface area contributed by atoms with Crippen molar-refractivity contribution in [2.24, 2.45) is 0 Å². The first kappa shape index (κ1) is 17.6. The van der Waals surface area contributed by atoms with E-state index < -0.39 is 6.10 Å². The fourth-order valence-electron chi connectivity index (χ4n) is 3.63. The van der Waals surface area contributed by atoms with E-state index in [2.05, 4.69) is 16.3 Å². The topological polar surface area (TPSA) is 52.6 Å². The summed E-state index contributed by atoms with van der Waals surface area (Å²) in [5.74, 6) is -0.0562. The van der Waals surface area contributed by atoms with Crippen LogP contribution < -0.4 is 5.32 Å². The van der Waals surface area contributed by atoms with Crippen molar-refractivity contribution in [1.29, 1.82) is 0 Å². The largest absolute Gasteiger partial charge is 0.388 e. The van der Waals surface area contributed by atoms with Gasteiger partial charge in [-0.2, -0.15) is 0 Å². The van der Waals surface area contributed by atoms with Gasteiger partial charge in [-0.15, -0.1) is 0 Å². The summed E-state index contributed by atoms with van der Waals surface area (Å²) < 4.78 is 0. The molecular formula is C21H26N2O2. The Bertz CT molecular complexity index is 702. The lowest BCUT2D eigenvalue weighted by Gasteiger charge is -2.26. The molecule has 2 aromatic rings. The summed E-state index contributed by atoms with van der Waals surface area (Å²) in [5, 5.41) is 13.2. The summed E-state index contributed by atoms with van der Waals surface area (Å²) >= 11 is 0. The summed E-state index contributed by atoms with van der Waals surface area (Å²) in [6.45, 7) is 1.85. The van der Waals surface area contributed by atoms with Crippen molar-refractivity contribution in [3.8, 4) is 0 Å². The maximum absolute atomic E-state index is 11.8. The highest BCUT2D eigenvalue weighted by Crippen LogP contribution is 2.28. The van der Waals surface area contributed by atoms with Gasteiger partial charge in [-0.05, 0) is 49.1 Å². The van der Waals surface area contributed by atoms with Crippen molar-refractivity contribution < 1.29 is 9.90 Å². The molecule has 3 rings (SSSR count). The molecule has 0 bridgehead atoms. The second-order valence-corrected chi connectivity index (χ2v) is 6.71. The third-order valence-electron chi connectivity index (χ3n) is 4.98. The van der Waals surface area contributed by atoms with Crippen LogP contribution in [0.5, 0.6) is 0 Å². The number of carbonyl (C=O) groups excluding carboxylic acids is 1. The zero-order chi connectivity index (χ0) is 17.6. The Labute approximate surface area is 149 Å². The predicted octanol–water partition coefficient (Wildman–Crippen LogP) is 3.13. The van der Waals surface area contributed by atoms with Crippen molar-refractivity contribution in [3.05, 3.63) is 71.3 Å². The van der Waals surface area contributed by atoms with Crippen LogP contribution in [-0.2, 0) is 6.54 Å². The number of likely N-dealkylation sites (tertiary alicyclic amines) is 1. The molecule has 0 radical (unpaired) electrons. The molecule has 0 aliphatic carbocycles. The summed E-state index contributed by atoms with van der Waals surface area (Å²) in [7, 11) is 1.65. The van der Waals surface area contributed by atoms with E-state index in [1.165, 1.54) is 0 Å². The molecule has 1 aliphatic rings. The number of nitrogens with zero attached hydrogens (tertiary/aromatic N) is 1. The second-order valence-electron chi connectivity index (χ2n) is 6.71. The maximum atomic E-state index is 11.8. The molecule has 1 aliphatic heterocycles. The van der Waals surface area contributed by atoms with E-state index >= 15 is 0 Å². The maximum Gasteiger partial charge on any atom is 0.251 e. The summed E-state index contributed by atoms with van der Waals surface area (Å²) in [5.41, 5.74) is 2.82. The smallest absolute Gasteiger partial charge is 0.251 e. The van der Waals surface area contributed by atoms with Gasteiger partial charge in [0.25, 0.3) is 5.91 Å². The van der Waals surface area contributed by atoms with E-state index in [0.717, 1.165) is 43.5 Å². The molecule has 1 heterocycles. The van der Waals surface area contributed by atoms with E-state index in [1.54, 1.807) is 7.05 Å². The standard InChI is InChI=1S/C21H26N2O2/c1-22-21(25)18-10-5-7-16(13-18)15-23-12-6-11-19(23)14-20(24)17-8-3-2-4-9-17/h2-5,7-10,13,19-20,24H,6,11-12,14-15H2,1H3,(H,22,25). The third-order valence-corrected chi connectivity index (χ3v) is 4.98. The zero-order valence-corrected chi connectivity index (χ0v) is 14.7. The molecule has 2 aromatic carbocycles. The van der Waals surface area contributed by atoms with Gasteiger partial charge in [-0.25, -0.2) is 0 Å². The van der Waals surface area contributed by atoms with Gasteiger partial charge < -0.3 is 10.4 Å². The van der Waals surface area contributed by atoms with Crippen LogP contribution in [-0.4, -0.2) is 35.5 Å². The van der Waals surface area contributed by atoms with Crippen LogP contribution in [0.4, 0.5) is 0 Å². The van der Waals surface area contributed by atoms with Crippen LogP contribution in [0.15, 0.2) is 54.6 Å². The highest BCUT2D eigenvalue weighted by Gasteiger charge is 2.27. The van der Waals surface area contributed by atoms with Gasteiger partial charge in [0, 0.05) is 25.2 Å². The minimum atomic E-state index is -0.427. The molecule has 0 spiro atoms. The minimum Gasteiger partial charge on any atom is -0.388 e. The Hall–Kier alpha value is -2.17. The Balaban J connectivity index is 1.65. The number of benzene rings is 2. The first-order valence-electron chi connectivity index (χ1n) is 8.95. The highest BCUT2D eigenvalue weighted by molar-refractivity contribution is 5.94. The molecule has 1 amide bonds. The van der Waals surface area contributed by atoms with Crippen LogP contribution >= 0.6 is 0 Å². The molecule has 4 nitrogen and oxygen atoms in total. The van der Waals surface area contributed by atoms with Crippen LogP contribution in [0.25, 0.3) is 0 Å². The van der Waals surface area contributed by atoms with E-state index in [9.17, 15) is 9.90 Å². The average molecular weight is 338 g/mol. The summed E-state index contributed by atoms with van der Waals surface area (Å²) in [4.78, 5) is 14.2. The van der Waals surface area contributed by atoms with E-state index in [4.69, 9.17) is 0 Å². The van der Waals surface area contributed by atoms with Crippen molar-refractivity contribution in [1.82, 2.24) is 10.2 Å². The van der Waals surface area contributed by atoms with Crippen LogP contribution in [0.1, 0.15) is 46.9 Å². The number of amides is 1. The number of nitrogens with one attached hydrogen (secondary N) is 1. The average Bonchev–Trinajstić information content (AvgIpc) is 3.08. The quantitative estimate of drug-likeness (QED) is 0.851. The van der Waals surface area contributed by atoms with Crippen molar-refractivity contribution in [3.63, 3.8) is 0 Å². The van der Waals surface area contributed by atoms with Gasteiger partial charge in [0.05, 0.1) is 6.10 Å². The molecule has 2 unspecified atom stereocenters. The first-order valence-corrected chi connectivity index (χ1v) is 8.95. The molecular weight excluding hydrogens is 312 g/mol. The monoisotopic (exact) mass is 338 g/mol. The SMILES string of the molecule is CNC(=O)c1cccc(CN2CCCC2CC(O)c2ccccc2)c1. The van der Waals surface area contributed by atoms with Gasteiger partial charge in [0.2, 0.25) is 0 Å². The van der Waals surface area contributed by atoms with E-state index in [0.29, 0.717) is 11.6 Å². The fourth-order valence-corrected chi connectivity index (χ4v) is 3.63. The lowest BCUT2D eigenvalue weighted by atomic mass is 10.00. The Morgan fingerprint density at radius 1 is 1.24 bits per heavy atom. The van der Waals surface area contributed by atoms with E-state index in [-0.39, 0.29) is 5.91 Å². The predicted molar refractivity (Wildman–Crippen MR) is 99.3 cm³/mol. The number of aliphatic hydroxyl groups is 1. The van der Waals surface area contributed by atoms with Crippen molar-refractivity contribution >= 4 is 5.91 Å². The Morgan fingerprint density at radius 2 is 2.04 bits per heavy atom. The number of rotatable bonds is 6. The Morgan fingerprint density at radius 3 is 2.80 bits per heavy atom. The highest BCUT2D eigenvalue weighted by atomic mass is 16.3. The van der Waals surface area contributed by atoms with Crippen molar-refractivity contribution in [2.75, 3.05) is 13.6 Å². The molecule has 25 heavy (non-hydrogen) atoms. The number of hydrogen-bond acceptors (Lipinski definition) is 3. The van der Waals surface area contributed by atoms with Gasteiger partial charge in [0.15, 0.2) is 0 Å². The first-order chi connectivity index (χ1) is 12.2. The minimum absolute atomic E-state index is 0.0562. The van der Waals surface area contributed by atoms with E-state index in [1.807, 2.05) is 48.5 Å². The normalized spacial score (nSPS) is 18.9. The molecule has 2 N–H and O–H groups in total. The Kier molecular flexibility index (Phi) is 5.84. The zero-order valence-electron chi connectivity index (χ0n) is 14.7. The van der Waals surface area contributed by atoms with Gasteiger partial charge in [-0.1, -0.05) is 42.5 Å². The lowest BCUT2D eigenvalue weighted by molar-refractivity contribution is 0.0963. The van der Waals surface area contributed by atoms with Crippen LogP contribution in [0.3, 0.4) is 0 Å². The van der Waals surface area contributed by atoms with Gasteiger partial charge >= 0.3 is 0 Å².